The minimum absolute atomic E-state index is 0. The fraction of sp³-hybridized carbons (Fsp3) is 1.00. The molecule has 0 fully saturated rings. The van der Waals surface area contributed by atoms with Crippen molar-refractivity contribution >= 4 is 0 Å². The van der Waals surface area contributed by atoms with Crippen molar-refractivity contribution in [1.29, 1.82) is 0 Å². The van der Waals surface area contributed by atoms with Gasteiger partial charge in [0.2, 0.25) is 0 Å². The van der Waals surface area contributed by atoms with Crippen LogP contribution in [0.25, 0.3) is 0 Å². The Bertz CT molecular complexity index is 115. The van der Waals surface area contributed by atoms with Crippen LogP contribution in [-0.2, 0) is 31.3 Å². The molecule has 0 amide bonds. The van der Waals surface area contributed by atoms with Crippen LogP contribution >= 0.6 is 0 Å². The van der Waals surface area contributed by atoms with Gasteiger partial charge in [-0.2, -0.15) is 0 Å². The normalized spacial score (nSPS) is 10.1. The van der Waals surface area contributed by atoms with Crippen molar-refractivity contribution < 1.29 is 43.7 Å². The molecular weight excluding hydrogens is 406 g/mol. The molecule has 3 nitrogen and oxygen atoms in total. The molecule has 0 radical (unpaired) electrons. The number of unbranched alkanes of at least 4 members (excludes halogenated alkanes) is 3. The molecule has 0 aromatic heterocycles. The van der Waals surface area contributed by atoms with Crippen LogP contribution in [0, 0.1) is 0 Å². The Hall–Kier alpha value is 1.04. The summed E-state index contributed by atoms with van der Waals surface area (Å²) in [6.45, 7) is 8.96. The maximum atomic E-state index is 5.74. The minimum atomic E-state index is -2.56. The van der Waals surface area contributed by atoms with Gasteiger partial charge in [-0.1, -0.05) is 0 Å². The maximum absolute atomic E-state index is 5.74. The third-order valence-corrected chi connectivity index (χ3v) is 6.89. The van der Waals surface area contributed by atoms with Crippen LogP contribution < -0.4 is 12.4 Å². The second-order valence-corrected chi connectivity index (χ2v) is 8.76. The van der Waals surface area contributed by atoms with E-state index in [1.807, 2.05) is 0 Å². The van der Waals surface area contributed by atoms with Crippen LogP contribution in [0.3, 0.4) is 0 Å². The Balaban J connectivity index is 0. The SMILES string of the molecule is CCCC[O][Hf+]([O]CCCC)[O]CCCC.[Cl-]. The molecule has 0 spiro atoms. The summed E-state index contributed by atoms with van der Waals surface area (Å²) in [6, 6.07) is 0. The van der Waals surface area contributed by atoms with Gasteiger partial charge in [-0.15, -0.1) is 0 Å². The predicted octanol–water partition coefficient (Wildman–Crippen LogP) is 0.804. The number of hydrogen-bond acceptors (Lipinski definition) is 3. The average molecular weight is 433 g/mol. The molecule has 0 saturated heterocycles. The fourth-order valence-electron chi connectivity index (χ4n) is 1.02. The van der Waals surface area contributed by atoms with Crippen molar-refractivity contribution in [2.45, 2.75) is 59.3 Å². The van der Waals surface area contributed by atoms with Gasteiger partial charge in [-0.05, 0) is 0 Å². The Morgan fingerprint density at radius 3 is 1.18 bits per heavy atom. The van der Waals surface area contributed by atoms with E-state index in [4.69, 9.17) is 8.56 Å². The fourth-order valence-corrected chi connectivity index (χ4v) is 5.27. The van der Waals surface area contributed by atoms with Gasteiger partial charge >= 0.3 is 110 Å². The van der Waals surface area contributed by atoms with Gasteiger partial charge in [0.1, 0.15) is 0 Å². The van der Waals surface area contributed by atoms with Crippen LogP contribution in [-0.4, -0.2) is 19.8 Å². The van der Waals surface area contributed by atoms with E-state index >= 15 is 0 Å². The molecule has 0 rings (SSSR count). The molecule has 5 heteroatoms. The van der Waals surface area contributed by atoms with Crippen molar-refractivity contribution in [2.75, 3.05) is 19.8 Å². The summed E-state index contributed by atoms with van der Waals surface area (Å²) in [5.41, 5.74) is 0. The molecule has 0 aliphatic rings. The topological polar surface area (TPSA) is 27.7 Å². The molecule has 0 atom stereocenters. The summed E-state index contributed by atoms with van der Waals surface area (Å²) in [6.07, 6.45) is 6.85. The monoisotopic (exact) mass is 434 g/mol. The summed E-state index contributed by atoms with van der Waals surface area (Å²) < 4.78 is 17.2. The maximum Gasteiger partial charge on any atom is -1.00 e. The van der Waals surface area contributed by atoms with Crippen molar-refractivity contribution in [3.63, 3.8) is 0 Å². The molecule has 0 unspecified atom stereocenters. The molecule has 0 aliphatic heterocycles. The van der Waals surface area contributed by atoms with Gasteiger partial charge in [0.15, 0.2) is 0 Å². The molecule has 0 bridgehead atoms. The Kier molecular flexibility index (Phi) is 20.4. The molecule has 0 aromatic carbocycles. The van der Waals surface area contributed by atoms with E-state index in [0.717, 1.165) is 39.1 Å². The molecule has 0 saturated carbocycles. The zero-order chi connectivity index (χ0) is 12.1. The van der Waals surface area contributed by atoms with Crippen molar-refractivity contribution in [1.82, 2.24) is 0 Å². The Labute approximate surface area is 122 Å². The molecular formula is C12H27ClHfO3. The minimum Gasteiger partial charge on any atom is -1.00 e. The van der Waals surface area contributed by atoms with Crippen molar-refractivity contribution in [3.05, 3.63) is 0 Å². The standard InChI is InChI=1S/3C4H9O.ClH.Hf/c3*1-2-3-4-5;;/h3*2-4H2,1H3;1H;/q3*-1;;+4/p-1. The first-order valence-electron chi connectivity index (χ1n) is 6.60. The van der Waals surface area contributed by atoms with Crippen molar-refractivity contribution in [2.24, 2.45) is 0 Å². The molecule has 0 heterocycles. The smallest absolute Gasteiger partial charge is 1.00 e. The van der Waals surface area contributed by atoms with Crippen LogP contribution in [0.15, 0.2) is 0 Å². The molecule has 0 N–H and O–H groups in total. The third kappa shape index (κ3) is 15.0. The largest absolute Gasteiger partial charge is 1.00 e. The summed E-state index contributed by atoms with van der Waals surface area (Å²) in [4.78, 5) is 0. The van der Waals surface area contributed by atoms with E-state index in [9.17, 15) is 0 Å². The van der Waals surface area contributed by atoms with E-state index in [2.05, 4.69) is 20.8 Å². The van der Waals surface area contributed by atoms with Gasteiger partial charge < -0.3 is 12.4 Å². The summed E-state index contributed by atoms with van der Waals surface area (Å²) in [5, 5.41) is 0. The zero-order valence-electron chi connectivity index (χ0n) is 11.5. The average Bonchev–Trinajstić information content (AvgIpc) is 2.29. The number of rotatable bonds is 12. The van der Waals surface area contributed by atoms with Crippen LogP contribution in [0.1, 0.15) is 59.3 Å². The second kappa shape index (κ2) is 17.0. The first-order chi connectivity index (χ1) is 7.85. The van der Waals surface area contributed by atoms with Gasteiger partial charge in [0.25, 0.3) is 0 Å². The molecule has 0 aliphatic carbocycles. The summed E-state index contributed by atoms with van der Waals surface area (Å²) in [7, 11) is 0. The number of hydrogen-bond donors (Lipinski definition) is 0. The molecule has 104 valence electrons. The zero-order valence-corrected chi connectivity index (χ0v) is 15.8. The first-order valence-corrected chi connectivity index (χ1v) is 11.0. The Morgan fingerprint density at radius 2 is 0.941 bits per heavy atom. The van der Waals surface area contributed by atoms with Gasteiger partial charge in [-0.3, -0.25) is 0 Å². The van der Waals surface area contributed by atoms with E-state index in [1.54, 1.807) is 0 Å². The third-order valence-electron chi connectivity index (χ3n) is 2.15. The summed E-state index contributed by atoms with van der Waals surface area (Å²) in [5.74, 6) is 0. The van der Waals surface area contributed by atoms with Gasteiger partial charge in [0, 0.05) is 0 Å². The molecule has 0 aromatic rings. The van der Waals surface area contributed by atoms with E-state index < -0.39 is 22.7 Å². The van der Waals surface area contributed by atoms with E-state index in [-0.39, 0.29) is 12.4 Å². The van der Waals surface area contributed by atoms with E-state index in [0.29, 0.717) is 0 Å². The first kappa shape index (κ1) is 20.4. The van der Waals surface area contributed by atoms with Crippen LogP contribution in [0.5, 0.6) is 0 Å². The Morgan fingerprint density at radius 1 is 0.647 bits per heavy atom. The van der Waals surface area contributed by atoms with E-state index in [1.165, 1.54) is 19.3 Å². The number of halogens is 1. The quantitative estimate of drug-likeness (QED) is 0.337. The second-order valence-electron chi connectivity index (χ2n) is 3.86. The van der Waals surface area contributed by atoms with Gasteiger partial charge in [-0.25, -0.2) is 0 Å². The predicted molar refractivity (Wildman–Crippen MR) is 62.6 cm³/mol. The molecule has 17 heavy (non-hydrogen) atoms. The van der Waals surface area contributed by atoms with Gasteiger partial charge in [0.05, 0.1) is 0 Å². The van der Waals surface area contributed by atoms with Crippen LogP contribution in [0.4, 0.5) is 0 Å². The van der Waals surface area contributed by atoms with Crippen LogP contribution in [0.2, 0.25) is 0 Å². The van der Waals surface area contributed by atoms with Crippen molar-refractivity contribution in [3.8, 4) is 0 Å². The summed E-state index contributed by atoms with van der Waals surface area (Å²) >= 11 is -2.56.